The van der Waals surface area contributed by atoms with Crippen LogP contribution in [0.15, 0.2) is 113 Å². The van der Waals surface area contributed by atoms with E-state index in [1.54, 1.807) is 38.9 Å². The molecule has 0 fully saturated rings. The maximum absolute atomic E-state index is 10.9. The number of aliphatic imine (C=N–C) groups is 1. The third-order valence-corrected chi connectivity index (χ3v) is 7.12. The highest BCUT2D eigenvalue weighted by atomic mass is 16.5. The van der Waals surface area contributed by atoms with Gasteiger partial charge in [0.15, 0.2) is 5.58 Å². The van der Waals surface area contributed by atoms with Crippen LogP contribution in [0.25, 0.3) is 22.6 Å². The van der Waals surface area contributed by atoms with Crippen molar-refractivity contribution in [3.05, 3.63) is 126 Å². The smallest absolute Gasteiger partial charge is 0.231 e. The van der Waals surface area contributed by atoms with Crippen molar-refractivity contribution in [1.29, 1.82) is 0 Å². The average Bonchev–Trinajstić information content (AvgIpc) is 3.49. The molecule has 6 aromatic rings. The molecule has 1 N–H and O–H groups in total. The first-order valence-corrected chi connectivity index (χ1v) is 14.1. The van der Waals surface area contributed by atoms with Crippen molar-refractivity contribution in [2.24, 2.45) is 4.99 Å². The second-order valence-electron chi connectivity index (χ2n) is 10.1. The summed E-state index contributed by atoms with van der Waals surface area (Å²) in [6.45, 7) is 1.70. The number of ether oxygens (including phenoxy) is 2. The first-order valence-electron chi connectivity index (χ1n) is 14.1. The van der Waals surface area contributed by atoms with Gasteiger partial charge >= 0.3 is 0 Å². The van der Waals surface area contributed by atoms with Crippen LogP contribution >= 0.6 is 0 Å². The fourth-order valence-electron chi connectivity index (χ4n) is 5.02. The van der Waals surface area contributed by atoms with Crippen molar-refractivity contribution in [1.82, 2.24) is 19.9 Å². The molecule has 3 aromatic heterocycles. The largest absolute Gasteiger partial charge is 0.506 e. The van der Waals surface area contributed by atoms with E-state index in [4.69, 9.17) is 18.9 Å². The summed E-state index contributed by atoms with van der Waals surface area (Å²) in [6, 6.07) is 28.4. The summed E-state index contributed by atoms with van der Waals surface area (Å²) in [4.78, 5) is 20.6. The molecule has 0 unspecified atom stereocenters. The highest BCUT2D eigenvalue weighted by molar-refractivity contribution is 5.89. The molecule has 9 heteroatoms. The maximum Gasteiger partial charge on any atom is 0.231 e. The summed E-state index contributed by atoms with van der Waals surface area (Å²) in [5.41, 5.74) is 5.93. The number of nitrogens with zero attached hydrogens (tertiary/aromatic N) is 5. The van der Waals surface area contributed by atoms with Gasteiger partial charge < -0.3 is 19.0 Å². The second-order valence-corrected chi connectivity index (χ2v) is 10.1. The Morgan fingerprint density at radius 1 is 0.795 bits per heavy atom. The van der Waals surface area contributed by atoms with Crippen LogP contribution in [0.5, 0.6) is 17.2 Å². The van der Waals surface area contributed by atoms with Crippen LogP contribution in [0, 0.1) is 0 Å². The molecule has 0 aliphatic heterocycles. The van der Waals surface area contributed by atoms with Gasteiger partial charge in [-0.05, 0) is 60.2 Å². The number of hydrogen-bond donors (Lipinski definition) is 1. The van der Waals surface area contributed by atoms with Crippen molar-refractivity contribution in [2.75, 3.05) is 14.2 Å². The monoisotopic (exact) mass is 585 g/mol. The molecule has 44 heavy (non-hydrogen) atoms. The molecule has 0 bridgehead atoms. The molecule has 0 aliphatic carbocycles. The molecule has 9 nitrogen and oxygen atoms in total. The highest BCUT2D eigenvalue weighted by Crippen LogP contribution is 2.38. The van der Waals surface area contributed by atoms with Crippen molar-refractivity contribution in [3.63, 3.8) is 0 Å². The third-order valence-electron chi connectivity index (χ3n) is 7.12. The number of methoxy groups -OCH3 is 2. The van der Waals surface area contributed by atoms with E-state index in [0.717, 1.165) is 22.5 Å². The van der Waals surface area contributed by atoms with E-state index in [-0.39, 0.29) is 5.75 Å². The third kappa shape index (κ3) is 6.43. The molecule has 6 rings (SSSR count). The number of hydrogen-bond acceptors (Lipinski definition) is 9. The molecule has 0 atom stereocenters. The first kappa shape index (κ1) is 28.6. The fourth-order valence-corrected chi connectivity index (χ4v) is 5.02. The van der Waals surface area contributed by atoms with Crippen LogP contribution in [-0.4, -0.2) is 45.4 Å². The topological polar surface area (TPSA) is 106 Å². The van der Waals surface area contributed by atoms with E-state index in [0.29, 0.717) is 59.4 Å². The Kier molecular flexibility index (Phi) is 8.56. The van der Waals surface area contributed by atoms with E-state index in [9.17, 15) is 5.11 Å². The predicted molar refractivity (Wildman–Crippen MR) is 169 cm³/mol. The average molecular weight is 586 g/mol. The molecule has 0 aliphatic rings. The van der Waals surface area contributed by atoms with Gasteiger partial charge in [-0.25, -0.2) is 4.98 Å². The van der Waals surface area contributed by atoms with Crippen LogP contribution in [0.1, 0.15) is 22.5 Å². The number of fused-ring (bicyclic) bond motifs is 1. The van der Waals surface area contributed by atoms with Gasteiger partial charge in [-0.1, -0.05) is 36.4 Å². The number of oxazole rings is 1. The minimum absolute atomic E-state index is 0.0726. The summed E-state index contributed by atoms with van der Waals surface area (Å²) in [7, 11) is 3.18. The lowest BCUT2D eigenvalue weighted by Gasteiger charge is -2.23. The molecular formula is C35H31N5O4. The Balaban J connectivity index is 1.32. The predicted octanol–water partition coefficient (Wildman–Crippen LogP) is 6.96. The number of pyridine rings is 2. The number of aromatic nitrogens is 3. The summed E-state index contributed by atoms with van der Waals surface area (Å²) in [5, 5.41) is 10.9. The molecule has 0 saturated carbocycles. The first-order chi connectivity index (χ1) is 21.6. The van der Waals surface area contributed by atoms with Gasteiger partial charge in [0, 0.05) is 43.8 Å². The van der Waals surface area contributed by atoms with Gasteiger partial charge in [-0.2, -0.15) is 0 Å². The van der Waals surface area contributed by atoms with E-state index in [2.05, 4.69) is 19.9 Å². The lowest BCUT2D eigenvalue weighted by Crippen LogP contribution is -2.23. The van der Waals surface area contributed by atoms with Crippen molar-refractivity contribution in [3.8, 4) is 28.7 Å². The van der Waals surface area contributed by atoms with Crippen LogP contribution in [0.3, 0.4) is 0 Å². The molecule has 3 aromatic carbocycles. The minimum Gasteiger partial charge on any atom is -0.506 e. The number of para-hydroxylation sites is 3. The van der Waals surface area contributed by atoms with Crippen molar-refractivity contribution >= 4 is 23.0 Å². The van der Waals surface area contributed by atoms with Gasteiger partial charge in [-0.15, -0.1) is 0 Å². The van der Waals surface area contributed by atoms with Gasteiger partial charge in [0.2, 0.25) is 5.89 Å². The minimum atomic E-state index is 0.0726. The second kappa shape index (κ2) is 13.2. The summed E-state index contributed by atoms with van der Waals surface area (Å²) >= 11 is 0. The van der Waals surface area contributed by atoms with E-state index in [1.807, 2.05) is 84.9 Å². The Morgan fingerprint density at radius 3 is 2.16 bits per heavy atom. The Hall–Kier alpha value is -5.54. The number of phenols is 1. The van der Waals surface area contributed by atoms with E-state index in [1.165, 1.54) is 0 Å². The molecule has 3 heterocycles. The van der Waals surface area contributed by atoms with Crippen molar-refractivity contribution < 1.29 is 19.0 Å². The Bertz CT molecular complexity index is 1820. The SMILES string of the molecule is COc1cc(-c2nc3ccccc3o2)c(OC)cc1C=Nc1c(O)cccc1CN(Cc1ccccn1)Cc1ccccn1. The maximum atomic E-state index is 10.9. The zero-order chi connectivity index (χ0) is 30.3. The van der Waals surface area contributed by atoms with Gasteiger partial charge in [-0.3, -0.25) is 19.9 Å². The van der Waals surface area contributed by atoms with Gasteiger partial charge in [0.25, 0.3) is 0 Å². The molecule has 0 amide bonds. The molecule has 0 spiro atoms. The molecular weight excluding hydrogens is 554 g/mol. The van der Waals surface area contributed by atoms with Crippen LogP contribution in [0.4, 0.5) is 5.69 Å². The number of phenolic OH excluding ortho intramolecular Hbond substituents is 1. The summed E-state index contributed by atoms with van der Waals surface area (Å²) in [5.74, 6) is 1.60. The Labute approximate surface area is 255 Å². The normalized spacial score (nSPS) is 11.4. The number of benzene rings is 3. The Morgan fingerprint density at radius 2 is 1.50 bits per heavy atom. The molecule has 220 valence electrons. The van der Waals surface area contributed by atoms with Crippen molar-refractivity contribution in [2.45, 2.75) is 19.6 Å². The van der Waals surface area contributed by atoms with Gasteiger partial charge in [0.1, 0.15) is 28.5 Å². The summed E-state index contributed by atoms with van der Waals surface area (Å²) < 4.78 is 17.4. The lowest BCUT2D eigenvalue weighted by atomic mass is 10.1. The van der Waals surface area contributed by atoms with Crippen LogP contribution < -0.4 is 9.47 Å². The van der Waals surface area contributed by atoms with Crippen LogP contribution in [-0.2, 0) is 19.6 Å². The number of rotatable bonds is 11. The van der Waals surface area contributed by atoms with Gasteiger partial charge in [0.05, 0.1) is 31.2 Å². The molecule has 0 radical (unpaired) electrons. The fraction of sp³-hybridized carbons (Fsp3) is 0.143. The highest BCUT2D eigenvalue weighted by Gasteiger charge is 2.18. The van der Waals surface area contributed by atoms with E-state index >= 15 is 0 Å². The molecule has 0 saturated heterocycles. The number of aromatic hydroxyl groups is 1. The van der Waals surface area contributed by atoms with E-state index < -0.39 is 0 Å². The van der Waals surface area contributed by atoms with Crippen LogP contribution in [0.2, 0.25) is 0 Å². The lowest BCUT2D eigenvalue weighted by molar-refractivity contribution is 0.242. The quantitative estimate of drug-likeness (QED) is 0.163. The zero-order valence-corrected chi connectivity index (χ0v) is 24.4. The summed E-state index contributed by atoms with van der Waals surface area (Å²) in [6.07, 6.45) is 5.24. The zero-order valence-electron chi connectivity index (χ0n) is 24.4. The standard InChI is InChI=1S/C35H31N5O4/c1-42-32-19-28(35-39-29-13-3-4-15-31(29)44-35)33(43-2)18-25(32)20-38-34-24(10-9-14-30(34)41)21-40(22-26-11-5-7-16-36-26)23-27-12-6-8-17-37-27/h3-20,41H,21-23H2,1-2H3.